The first-order valence-corrected chi connectivity index (χ1v) is 11.3. The molecule has 36 heavy (non-hydrogen) atoms. The molecule has 0 aliphatic heterocycles. The van der Waals surface area contributed by atoms with Crippen LogP contribution in [0.3, 0.4) is 0 Å². The van der Waals surface area contributed by atoms with E-state index >= 15 is 0 Å². The Hall–Kier alpha value is -3.80. The van der Waals surface area contributed by atoms with Gasteiger partial charge in [0.2, 0.25) is 5.75 Å². The maximum absolute atomic E-state index is 13.0. The van der Waals surface area contributed by atoms with Crippen LogP contribution in [0.4, 0.5) is 18.0 Å². The molecule has 12 heteroatoms. The largest absolute Gasteiger partial charge is 0.511 e. The van der Waals surface area contributed by atoms with E-state index in [1.165, 1.54) is 0 Å². The number of alkyl halides is 3. The van der Waals surface area contributed by atoms with Crippen LogP contribution in [-0.4, -0.2) is 46.0 Å². The summed E-state index contributed by atoms with van der Waals surface area (Å²) in [6.45, 7) is 3.65. The van der Waals surface area contributed by atoms with Gasteiger partial charge in [0.25, 0.3) is 5.56 Å². The Bertz CT molecular complexity index is 1410. The van der Waals surface area contributed by atoms with Crippen LogP contribution in [0.2, 0.25) is 0 Å². The number of hydrogen-bond donors (Lipinski definition) is 3. The Morgan fingerprint density at radius 2 is 1.92 bits per heavy atom. The molecule has 1 aliphatic carbocycles. The van der Waals surface area contributed by atoms with Crippen molar-refractivity contribution in [3.8, 4) is 22.8 Å². The fourth-order valence-electron chi connectivity index (χ4n) is 4.52. The Morgan fingerprint density at radius 3 is 2.58 bits per heavy atom. The van der Waals surface area contributed by atoms with Gasteiger partial charge in [-0.1, -0.05) is 6.92 Å². The molecule has 0 atom stereocenters. The Balaban J connectivity index is 1.90. The van der Waals surface area contributed by atoms with Crippen LogP contribution in [-0.2, 0) is 31.1 Å². The average molecular weight is 507 g/mol. The lowest BCUT2D eigenvalue weighted by Gasteiger charge is -2.17. The van der Waals surface area contributed by atoms with Crippen molar-refractivity contribution >= 4 is 23.0 Å². The highest BCUT2D eigenvalue weighted by Crippen LogP contribution is 2.41. The number of ether oxygens (including phenoxy) is 2. The Morgan fingerprint density at radius 1 is 1.17 bits per heavy atom. The molecule has 0 saturated carbocycles. The Kier molecular flexibility index (Phi) is 6.81. The average Bonchev–Trinajstić information content (AvgIpc) is 2.99. The number of likely N-dealkylation sites (N-methyl/N-ethyl adjacent to an activating group) is 1. The fourth-order valence-corrected chi connectivity index (χ4v) is 4.52. The highest BCUT2D eigenvalue weighted by molar-refractivity contribution is 5.89. The van der Waals surface area contributed by atoms with Crippen molar-refractivity contribution in [2.45, 2.75) is 38.8 Å². The molecule has 0 unspecified atom stereocenters. The minimum absolute atomic E-state index is 0.0600. The monoisotopic (exact) mass is 507 g/mol. The summed E-state index contributed by atoms with van der Waals surface area (Å²) in [6.07, 6.45) is -5.43. The molecular formula is C24H24F3N3O6. The van der Waals surface area contributed by atoms with Gasteiger partial charge in [-0.15, -0.1) is 0 Å². The third-order valence-electron chi connectivity index (χ3n) is 6.16. The second-order valence-corrected chi connectivity index (χ2v) is 8.44. The van der Waals surface area contributed by atoms with Crippen LogP contribution in [0.5, 0.6) is 11.5 Å². The SMILES string of the molecule is CCNCCc1cc2cc3c(cc2n1C)CCCc1c-3[nH]c(=O)c(OC(=O)O)c1OC(=O)C(F)(F)F. The summed E-state index contributed by atoms with van der Waals surface area (Å²) < 4.78 is 50.0. The summed E-state index contributed by atoms with van der Waals surface area (Å²) in [5.74, 6) is -4.45. The Labute approximate surface area is 202 Å². The molecule has 3 N–H and O–H groups in total. The molecular weight excluding hydrogens is 483 g/mol. The molecule has 2 aromatic heterocycles. The number of esters is 1. The number of carbonyl (C=O) groups excluding carboxylic acids is 1. The lowest BCUT2D eigenvalue weighted by molar-refractivity contribution is -0.189. The summed E-state index contributed by atoms with van der Waals surface area (Å²) in [4.78, 5) is 38.1. The van der Waals surface area contributed by atoms with Crippen molar-refractivity contribution in [3.63, 3.8) is 0 Å². The maximum Gasteiger partial charge on any atom is 0.511 e. The number of rotatable bonds is 6. The minimum Gasteiger partial charge on any atom is -0.449 e. The van der Waals surface area contributed by atoms with E-state index in [0.717, 1.165) is 41.7 Å². The van der Waals surface area contributed by atoms with Crippen LogP contribution in [0, 0.1) is 0 Å². The molecule has 0 amide bonds. The van der Waals surface area contributed by atoms with Crippen molar-refractivity contribution in [3.05, 3.63) is 45.4 Å². The number of pyridine rings is 1. The molecule has 4 rings (SSSR count). The summed E-state index contributed by atoms with van der Waals surface area (Å²) in [6, 6.07) is 5.80. The number of halogens is 3. The lowest BCUT2D eigenvalue weighted by atomic mass is 9.99. The van der Waals surface area contributed by atoms with Gasteiger partial charge in [-0.25, -0.2) is 9.59 Å². The quantitative estimate of drug-likeness (QED) is 0.344. The zero-order valence-corrected chi connectivity index (χ0v) is 19.5. The first kappa shape index (κ1) is 25.3. The number of fused-ring (bicyclic) bond motifs is 4. The minimum atomic E-state index is -5.36. The van der Waals surface area contributed by atoms with E-state index in [9.17, 15) is 27.6 Å². The normalized spacial score (nSPS) is 13.1. The molecule has 192 valence electrons. The second kappa shape index (κ2) is 9.69. The maximum atomic E-state index is 13.0. The van der Waals surface area contributed by atoms with Gasteiger partial charge in [0, 0.05) is 47.7 Å². The molecule has 0 radical (unpaired) electrons. The van der Waals surface area contributed by atoms with E-state index in [1.807, 2.05) is 32.2 Å². The smallest absolute Gasteiger partial charge is 0.449 e. The number of aryl methyl sites for hydroxylation is 2. The van der Waals surface area contributed by atoms with E-state index < -0.39 is 35.4 Å². The van der Waals surface area contributed by atoms with Crippen LogP contribution in [0.25, 0.3) is 22.2 Å². The van der Waals surface area contributed by atoms with Gasteiger partial charge in [0.05, 0.1) is 5.69 Å². The summed E-state index contributed by atoms with van der Waals surface area (Å²) in [5.41, 5.74) is 2.53. The first-order valence-electron chi connectivity index (χ1n) is 11.3. The zero-order chi connectivity index (χ0) is 26.2. The number of carbonyl (C=O) groups is 2. The van der Waals surface area contributed by atoms with Crippen molar-refractivity contribution < 1.29 is 37.3 Å². The molecule has 0 fully saturated rings. The van der Waals surface area contributed by atoms with Gasteiger partial charge in [0.15, 0.2) is 5.75 Å². The van der Waals surface area contributed by atoms with E-state index in [4.69, 9.17) is 5.11 Å². The van der Waals surface area contributed by atoms with E-state index in [1.54, 1.807) is 0 Å². The first-order chi connectivity index (χ1) is 17.0. The van der Waals surface area contributed by atoms with Crippen molar-refractivity contribution in [2.75, 3.05) is 13.1 Å². The topological polar surface area (TPSA) is 123 Å². The molecule has 2 heterocycles. The van der Waals surface area contributed by atoms with Gasteiger partial charge < -0.3 is 29.4 Å². The molecule has 0 saturated heterocycles. The number of nitrogens with one attached hydrogen (secondary N) is 2. The molecule has 3 aromatic rings. The van der Waals surface area contributed by atoms with Crippen LogP contribution < -0.4 is 20.3 Å². The molecule has 0 spiro atoms. The summed E-state index contributed by atoms with van der Waals surface area (Å²) in [5, 5.41) is 13.1. The van der Waals surface area contributed by atoms with Gasteiger partial charge >= 0.3 is 18.3 Å². The highest BCUT2D eigenvalue weighted by Gasteiger charge is 2.43. The van der Waals surface area contributed by atoms with Gasteiger partial charge in [0.1, 0.15) is 0 Å². The van der Waals surface area contributed by atoms with Crippen molar-refractivity contribution in [1.29, 1.82) is 0 Å². The van der Waals surface area contributed by atoms with Gasteiger partial charge in [-0.3, -0.25) is 4.79 Å². The van der Waals surface area contributed by atoms with E-state index in [0.29, 0.717) is 18.4 Å². The zero-order valence-electron chi connectivity index (χ0n) is 19.5. The van der Waals surface area contributed by atoms with Crippen LogP contribution in [0.15, 0.2) is 23.0 Å². The number of aromatic amines is 1. The van der Waals surface area contributed by atoms with E-state index in [-0.39, 0.29) is 17.7 Å². The number of benzene rings is 1. The van der Waals surface area contributed by atoms with Crippen LogP contribution in [0.1, 0.15) is 30.2 Å². The lowest BCUT2D eigenvalue weighted by Crippen LogP contribution is -2.30. The number of aromatic nitrogens is 2. The molecule has 0 bridgehead atoms. The fraction of sp³-hybridized carbons (Fsp3) is 0.375. The highest BCUT2D eigenvalue weighted by atomic mass is 19.4. The molecule has 9 nitrogen and oxygen atoms in total. The van der Waals surface area contributed by atoms with Gasteiger partial charge in [-0.2, -0.15) is 13.2 Å². The third-order valence-corrected chi connectivity index (χ3v) is 6.16. The summed E-state index contributed by atoms with van der Waals surface area (Å²) >= 11 is 0. The van der Waals surface area contributed by atoms with Crippen molar-refractivity contribution in [2.24, 2.45) is 7.05 Å². The second-order valence-electron chi connectivity index (χ2n) is 8.44. The third kappa shape index (κ3) is 4.81. The van der Waals surface area contributed by atoms with Crippen LogP contribution >= 0.6 is 0 Å². The standard InChI is InChI=1S/C24H24F3N3O6/c1-3-28-8-7-14-9-13-10-16-12(11-17(13)30(14)2)5-4-6-15-18(16)29-21(31)20(36-23(33)34)19(15)35-22(32)24(25,26)27/h9-11,28H,3-8H2,1-2H3,(H,29,31)(H,33,34). The number of hydrogen-bond acceptors (Lipinski definition) is 6. The predicted molar refractivity (Wildman–Crippen MR) is 124 cm³/mol. The predicted octanol–water partition coefficient (Wildman–Crippen LogP) is 3.70. The number of H-pyrrole nitrogens is 1. The van der Waals surface area contributed by atoms with Gasteiger partial charge in [-0.05, 0) is 49.6 Å². The molecule has 1 aromatic carbocycles. The van der Waals surface area contributed by atoms with Crippen molar-refractivity contribution in [1.82, 2.24) is 14.9 Å². The van der Waals surface area contributed by atoms with E-state index in [2.05, 4.69) is 24.3 Å². The number of nitrogens with zero attached hydrogens (tertiary/aromatic N) is 1. The number of carboxylic acid groups (broad SMARTS) is 1. The molecule has 1 aliphatic rings. The summed E-state index contributed by atoms with van der Waals surface area (Å²) in [7, 11) is 1.95.